The van der Waals surface area contributed by atoms with E-state index in [0.29, 0.717) is 16.6 Å². The fourth-order valence-electron chi connectivity index (χ4n) is 2.46. The highest BCUT2D eigenvalue weighted by Crippen LogP contribution is 2.31. The van der Waals surface area contributed by atoms with Crippen molar-refractivity contribution in [3.05, 3.63) is 28.8 Å². The normalized spacial score (nSPS) is 19.4. The molecule has 90 valence electrons. The lowest BCUT2D eigenvalue weighted by Crippen LogP contribution is -2.37. The van der Waals surface area contributed by atoms with Gasteiger partial charge in [-0.3, -0.25) is 0 Å². The van der Waals surface area contributed by atoms with Crippen LogP contribution in [0, 0.1) is 11.3 Å². The van der Waals surface area contributed by atoms with Gasteiger partial charge in [-0.2, -0.15) is 5.26 Å². The highest BCUT2D eigenvalue weighted by atomic mass is 35.5. The standard InChI is InChI=1S/C13H16ClN3/c1-16-9-10-4-3-7-17(10)13-6-2-5-12(14)11(13)8-15/h2,5-6,10,16H,3-4,7,9H2,1H3. The van der Waals surface area contributed by atoms with Crippen molar-refractivity contribution in [3.8, 4) is 6.07 Å². The zero-order valence-electron chi connectivity index (χ0n) is 9.91. The Balaban J connectivity index is 2.33. The molecule has 3 nitrogen and oxygen atoms in total. The lowest BCUT2D eigenvalue weighted by atomic mass is 10.1. The van der Waals surface area contributed by atoms with Gasteiger partial charge in [0, 0.05) is 19.1 Å². The third-order valence-electron chi connectivity index (χ3n) is 3.23. The molecule has 1 atom stereocenters. The number of hydrogen-bond donors (Lipinski definition) is 1. The minimum Gasteiger partial charge on any atom is -0.366 e. The number of nitrogens with one attached hydrogen (secondary N) is 1. The molecule has 1 aliphatic heterocycles. The van der Waals surface area contributed by atoms with E-state index < -0.39 is 0 Å². The molecule has 0 bridgehead atoms. The molecule has 1 aliphatic rings. The van der Waals surface area contributed by atoms with Gasteiger partial charge >= 0.3 is 0 Å². The van der Waals surface area contributed by atoms with Crippen molar-refractivity contribution in [2.45, 2.75) is 18.9 Å². The van der Waals surface area contributed by atoms with E-state index >= 15 is 0 Å². The Hall–Kier alpha value is -1.24. The maximum absolute atomic E-state index is 9.20. The van der Waals surface area contributed by atoms with Crippen molar-refractivity contribution >= 4 is 17.3 Å². The Morgan fingerprint density at radius 2 is 2.41 bits per heavy atom. The molecule has 0 saturated carbocycles. The molecule has 0 spiro atoms. The van der Waals surface area contributed by atoms with Crippen LogP contribution in [0.2, 0.25) is 5.02 Å². The summed E-state index contributed by atoms with van der Waals surface area (Å²) in [5.74, 6) is 0. The predicted molar refractivity (Wildman–Crippen MR) is 70.5 cm³/mol. The zero-order valence-corrected chi connectivity index (χ0v) is 10.7. The van der Waals surface area contributed by atoms with E-state index in [-0.39, 0.29) is 0 Å². The maximum Gasteiger partial charge on any atom is 0.103 e. The lowest BCUT2D eigenvalue weighted by Gasteiger charge is -2.27. The van der Waals surface area contributed by atoms with Gasteiger partial charge in [0.25, 0.3) is 0 Å². The van der Waals surface area contributed by atoms with Crippen molar-refractivity contribution in [3.63, 3.8) is 0 Å². The first-order chi connectivity index (χ1) is 8.27. The van der Waals surface area contributed by atoms with E-state index in [2.05, 4.69) is 16.3 Å². The monoisotopic (exact) mass is 249 g/mol. The van der Waals surface area contributed by atoms with Crippen molar-refractivity contribution in [2.24, 2.45) is 0 Å². The molecule has 1 heterocycles. The summed E-state index contributed by atoms with van der Waals surface area (Å²) in [5, 5.41) is 12.9. The number of anilines is 1. The molecule has 1 aromatic rings. The van der Waals surface area contributed by atoms with Crippen molar-refractivity contribution in [2.75, 3.05) is 25.0 Å². The van der Waals surface area contributed by atoms with Crippen LogP contribution in [0.25, 0.3) is 0 Å². The van der Waals surface area contributed by atoms with Crippen LogP contribution in [0.15, 0.2) is 18.2 Å². The quantitative estimate of drug-likeness (QED) is 0.894. The first-order valence-corrected chi connectivity index (χ1v) is 6.25. The van der Waals surface area contributed by atoms with Gasteiger partial charge in [-0.15, -0.1) is 0 Å². The van der Waals surface area contributed by atoms with Crippen molar-refractivity contribution < 1.29 is 0 Å². The first kappa shape index (κ1) is 12.2. The topological polar surface area (TPSA) is 39.1 Å². The van der Waals surface area contributed by atoms with Crippen LogP contribution in [-0.2, 0) is 0 Å². The third kappa shape index (κ3) is 2.38. The minimum atomic E-state index is 0.463. The van der Waals surface area contributed by atoms with E-state index in [1.165, 1.54) is 6.42 Å². The SMILES string of the molecule is CNCC1CCCN1c1cccc(Cl)c1C#N. The Morgan fingerprint density at radius 1 is 1.59 bits per heavy atom. The Labute approximate surface area is 107 Å². The molecular weight excluding hydrogens is 234 g/mol. The Kier molecular flexibility index (Phi) is 3.88. The molecule has 2 rings (SSSR count). The number of nitrogens with zero attached hydrogens (tertiary/aromatic N) is 2. The number of rotatable bonds is 3. The fourth-order valence-corrected chi connectivity index (χ4v) is 2.68. The zero-order chi connectivity index (χ0) is 12.3. The molecule has 1 fully saturated rings. The van der Waals surface area contributed by atoms with Gasteiger partial charge in [-0.25, -0.2) is 0 Å². The molecule has 1 unspecified atom stereocenters. The number of likely N-dealkylation sites (N-methyl/N-ethyl adjacent to an activating group) is 1. The highest BCUT2D eigenvalue weighted by Gasteiger charge is 2.26. The van der Waals surface area contributed by atoms with Crippen LogP contribution in [0.3, 0.4) is 0 Å². The Morgan fingerprint density at radius 3 is 3.12 bits per heavy atom. The minimum absolute atomic E-state index is 0.463. The number of halogens is 1. The van der Waals surface area contributed by atoms with Gasteiger partial charge in [0.15, 0.2) is 0 Å². The van der Waals surface area contributed by atoms with Crippen LogP contribution < -0.4 is 10.2 Å². The van der Waals surface area contributed by atoms with E-state index in [0.717, 1.165) is 25.2 Å². The molecule has 0 aliphatic carbocycles. The summed E-state index contributed by atoms with van der Waals surface area (Å²) >= 11 is 6.07. The fraction of sp³-hybridized carbons (Fsp3) is 0.462. The first-order valence-electron chi connectivity index (χ1n) is 5.87. The molecule has 0 amide bonds. The average Bonchev–Trinajstić information content (AvgIpc) is 2.77. The van der Waals surface area contributed by atoms with Crippen molar-refractivity contribution in [1.82, 2.24) is 5.32 Å². The average molecular weight is 250 g/mol. The molecule has 1 saturated heterocycles. The second-order valence-corrected chi connectivity index (χ2v) is 4.70. The molecular formula is C13H16ClN3. The van der Waals surface area contributed by atoms with E-state index in [1.54, 1.807) is 6.07 Å². The summed E-state index contributed by atoms with van der Waals surface area (Å²) in [5.41, 5.74) is 1.56. The van der Waals surface area contributed by atoms with Crippen LogP contribution >= 0.6 is 11.6 Å². The predicted octanol–water partition coefficient (Wildman–Crippen LogP) is 2.40. The van der Waals surface area contributed by atoms with Crippen LogP contribution in [0.5, 0.6) is 0 Å². The van der Waals surface area contributed by atoms with E-state index in [4.69, 9.17) is 11.6 Å². The second kappa shape index (κ2) is 5.39. The van der Waals surface area contributed by atoms with Crippen LogP contribution in [0.1, 0.15) is 18.4 Å². The van der Waals surface area contributed by atoms with E-state index in [1.807, 2.05) is 19.2 Å². The maximum atomic E-state index is 9.20. The summed E-state index contributed by atoms with van der Waals surface area (Å²) < 4.78 is 0. The third-order valence-corrected chi connectivity index (χ3v) is 3.54. The second-order valence-electron chi connectivity index (χ2n) is 4.29. The molecule has 1 N–H and O–H groups in total. The van der Waals surface area contributed by atoms with Gasteiger partial charge in [-0.05, 0) is 32.0 Å². The van der Waals surface area contributed by atoms with Gasteiger partial charge in [0.2, 0.25) is 0 Å². The Bertz CT molecular complexity index is 439. The molecule has 1 aromatic carbocycles. The largest absolute Gasteiger partial charge is 0.366 e. The summed E-state index contributed by atoms with van der Waals surface area (Å²) in [6.07, 6.45) is 2.34. The lowest BCUT2D eigenvalue weighted by molar-refractivity contribution is 0.615. The van der Waals surface area contributed by atoms with Gasteiger partial charge < -0.3 is 10.2 Å². The summed E-state index contributed by atoms with van der Waals surface area (Å²) in [7, 11) is 1.96. The molecule has 4 heteroatoms. The summed E-state index contributed by atoms with van der Waals surface area (Å²) in [4.78, 5) is 2.29. The molecule has 17 heavy (non-hydrogen) atoms. The number of benzene rings is 1. The van der Waals surface area contributed by atoms with Crippen LogP contribution in [0.4, 0.5) is 5.69 Å². The summed E-state index contributed by atoms with van der Waals surface area (Å²) in [6, 6.07) is 8.34. The van der Waals surface area contributed by atoms with Crippen LogP contribution in [-0.4, -0.2) is 26.2 Å². The number of hydrogen-bond acceptors (Lipinski definition) is 3. The van der Waals surface area contributed by atoms with Gasteiger partial charge in [0.1, 0.15) is 6.07 Å². The van der Waals surface area contributed by atoms with Gasteiger partial charge in [0.05, 0.1) is 16.3 Å². The van der Waals surface area contributed by atoms with Gasteiger partial charge in [-0.1, -0.05) is 17.7 Å². The number of nitriles is 1. The smallest absolute Gasteiger partial charge is 0.103 e. The molecule has 0 aromatic heterocycles. The highest BCUT2D eigenvalue weighted by molar-refractivity contribution is 6.32. The van der Waals surface area contributed by atoms with E-state index in [9.17, 15) is 5.26 Å². The van der Waals surface area contributed by atoms with Crippen molar-refractivity contribution in [1.29, 1.82) is 5.26 Å². The molecule has 0 radical (unpaired) electrons. The summed E-state index contributed by atoms with van der Waals surface area (Å²) in [6.45, 7) is 1.94.